The van der Waals surface area contributed by atoms with Gasteiger partial charge in [-0.15, -0.1) is 0 Å². The molecule has 13 heavy (non-hydrogen) atoms. The van der Waals surface area contributed by atoms with Crippen LogP contribution in [0.25, 0.3) is 0 Å². The Labute approximate surface area is 79.8 Å². The number of nitrogen functional groups attached to an aromatic ring is 1. The van der Waals surface area contributed by atoms with Crippen LogP contribution in [0, 0.1) is 6.07 Å². The molecule has 0 fully saturated rings. The van der Waals surface area contributed by atoms with Gasteiger partial charge in [0, 0.05) is 0 Å². The summed E-state index contributed by atoms with van der Waals surface area (Å²) in [6, 6.07) is 10.1. The number of ether oxygens (including phenoxy) is 1. The zero-order chi connectivity index (χ0) is 9.10. The summed E-state index contributed by atoms with van der Waals surface area (Å²) < 4.78 is 5.46. The number of aromatic nitrogens is 1. The predicted molar refractivity (Wildman–Crippen MR) is 51.9 cm³/mol. The fourth-order valence-corrected chi connectivity index (χ4v) is 1.43. The Morgan fingerprint density at radius 2 is 2.15 bits per heavy atom. The third kappa shape index (κ3) is 1.97. The molecule has 0 aliphatic heterocycles. The van der Waals surface area contributed by atoms with E-state index in [0.29, 0.717) is 10.2 Å². The summed E-state index contributed by atoms with van der Waals surface area (Å²) in [6.07, 6.45) is 1.61. The standard InChI is InChI=1S/C9H7N2OS/c10-9-11-6-8(13-9)12-7-4-2-1-3-5-7/h2-6H,(H2,10,11). The van der Waals surface area contributed by atoms with Crippen molar-refractivity contribution in [2.24, 2.45) is 0 Å². The van der Waals surface area contributed by atoms with Crippen molar-refractivity contribution in [2.45, 2.75) is 0 Å². The van der Waals surface area contributed by atoms with Gasteiger partial charge in [0.1, 0.15) is 5.75 Å². The Bertz CT molecular complexity index is 386. The first-order valence-corrected chi connectivity index (χ1v) is 4.51. The van der Waals surface area contributed by atoms with Crippen molar-refractivity contribution in [3.05, 3.63) is 36.5 Å². The first-order valence-electron chi connectivity index (χ1n) is 3.70. The van der Waals surface area contributed by atoms with Gasteiger partial charge in [-0.05, 0) is 18.2 Å². The van der Waals surface area contributed by atoms with Crippen LogP contribution in [-0.4, -0.2) is 4.98 Å². The predicted octanol–water partition coefficient (Wildman–Crippen LogP) is 2.32. The normalized spacial score (nSPS) is 9.85. The molecule has 0 spiro atoms. The Balaban J connectivity index is 2.15. The van der Waals surface area contributed by atoms with E-state index in [1.807, 2.05) is 12.1 Å². The fraction of sp³-hybridized carbons (Fsp3) is 0. The zero-order valence-electron chi connectivity index (χ0n) is 6.73. The molecule has 4 heteroatoms. The van der Waals surface area contributed by atoms with Gasteiger partial charge < -0.3 is 10.5 Å². The molecule has 65 valence electrons. The Hall–Kier alpha value is -1.55. The molecule has 1 aromatic carbocycles. The van der Waals surface area contributed by atoms with E-state index in [9.17, 15) is 0 Å². The highest BCUT2D eigenvalue weighted by Crippen LogP contribution is 2.27. The van der Waals surface area contributed by atoms with Gasteiger partial charge in [0.2, 0.25) is 5.06 Å². The molecule has 0 bridgehead atoms. The monoisotopic (exact) mass is 191 g/mol. The summed E-state index contributed by atoms with van der Waals surface area (Å²) in [4.78, 5) is 3.88. The SMILES string of the molecule is Nc1ncc(Oc2cc[c]cc2)s1. The van der Waals surface area contributed by atoms with Gasteiger partial charge in [-0.2, -0.15) is 0 Å². The number of benzene rings is 1. The lowest BCUT2D eigenvalue weighted by atomic mass is 10.3. The van der Waals surface area contributed by atoms with Crippen molar-refractivity contribution < 1.29 is 4.74 Å². The summed E-state index contributed by atoms with van der Waals surface area (Å²) in [7, 11) is 0. The number of rotatable bonds is 2. The lowest BCUT2D eigenvalue weighted by molar-refractivity contribution is 0.495. The molecule has 2 N–H and O–H groups in total. The first-order chi connectivity index (χ1) is 6.34. The van der Waals surface area contributed by atoms with Crippen molar-refractivity contribution in [1.29, 1.82) is 0 Å². The number of hydrogen-bond acceptors (Lipinski definition) is 4. The van der Waals surface area contributed by atoms with E-state index in [1.54, 1.807) is 18.3 Å². The van der Waals surface area contributed by atoms with Crippen LogP contribution in [-0.2, 0) is 0 Å². The molecule has 3 nitrogen and oxygen atoms in total. The van der Waals surface area contributed by atoms with E-state index in [2.05, 4.69) is 11.1 Å². The van der Waals surface area contributed by atoms with E-state index >= 15 is 0 Å². The van der Waals surface area contributed by atoms with E-state index < -0.39 is 0 Å². The van der Waals surface area contributed by atoms with Gasteiger partial charge in [0.25, 0.3) is 0 Å². The average Bonchev–Trinajstić information content (AvgIpc) is 2.53. The van der Waals surface area contributed by atoms with Crippen LogP contribution < -0.4 is 10.5 Å². The van der Waals surface area contributed by atoms with Crippen molar-refractivity contribution in [3.8, 4) is 10.8 Å². The Kier molecular flexibility index (Phi) is 2.14. The molecule has 2 rings (SSSR count). The molecular weight excluding hydrogens is 184 g/mol. The molecule has 0 atom stereocenters. The zero-order valence-corrected chi connectivity index (χ0v) is 7.54. The van der Waals surface area contributed by atoms with Gasteiger partial charge in [-0.25, -0.2) is 4.98 Å². The molecular formula is C9H7N2OS. The quantitative estimate of drug-likeness (QED) is 0.792. The number of nitrogens with zero attached hydrogens (tertiary/aromatic N) is 1. The minimum Gasteiger partial charge on any atom is -0.445 e. The Morgan fingerprint density at radius 3 is 2.77 bits per heavy atom. The molecule has 1 aromatic heterocycles. The summed E-state index contributed by atoms with van der Waals surface area (Å²) in [5.74, 6) is 0.766. The number of thiazole rings is 1. The average molecular weight is 191 g/mol. The molecule has 0 saturated carbocycles. The maximum atomic E-state index is 5.46. The third-order valence-corrected chi connectivity index (χ3v) is 2.11. The van der Waals surface area contributed by atoms with Crippen molar-refractivity contribution in [2.75, 3.05) is 5.73 Å². The maximum absolute atomic E-state index is 5.46. The molecule has 1 heterocycles. The summed E-state index contributed by atoms with van der Waals surface area (Å²) in [5.41, 5.74) is 5.45. The van der Waals surface area contributed by atoms with Crippen LogP contribution in [0.15, 0.2) is 30.5 Å². The number of nitrogens with two attached hydrogens (primary N) is 1. The number of anilines is 1. The maximum Gasteiger partial charge on any atom is 0.202 e. The third-order valence-electron chi connectivity index (χ3n) is 1.41. The van der Waals surface area contributed by atoms with E-state index in [4.69, 9.17) is 10.5 Å². The van der Waals surface area contributed by atoms with Gasteiger partial charge >= 0.3 is 0 Å². The molecule has 2 aromatic rings. The first kappa shape index (κ1) is 8.07. The lowest BCUT2D eigenvalue weighted by Gasteiger charge is -1.99. The van der Waals surface area contributed by atoms with Crippen LogP contribution in [0.5, 0.6) is 10.8 Å². The minimum absolute atomic E-state index is 0.512. The highest BCUT2D eigenvalue weighted by Gasteiger charge is 1.99. The molecule has 0 amide bonds. The highest BCUT2D eigenvalue weighted by atomic mass is 32.1. The van der Waals surface area contributed by atoms with Crippen molar-refractivity contribution in [1.82, 2.24) is 4.98 Å². The lowest BCUT2D eigenvalue weighted by Crippen LogP contribution is -1.78. The second-order valence-corrected chi connectivity index (χ2v) is 3.38. The molecule has 0 aliphatic carbocycles. The van der Waals surface area contributed by atoms with E-state index in [1.165, 1.54) is 11.3 Å². The van der Waals surface area contributed by atoms with Crippen LogP contribution in [0.3, 0.4) is 0 Å². The molecule has 1 radical (unpaired) electrons. The van der Waals surface area contributed by atoms with Crippen molar-refractivity contribution >= 4 is 16.5 Å². The van der Waals surface area contributed by atoms with Gasteiger partial charge in [-0.1, -0.05) is 23.5 Å². The Morgan fingerprint density at radius 1 is 1.38 bits per heavy atom. The van der Waals surface area contributed by atoms with Crippen LogP contribution in [0.2, 0.25) is 0 Å². The van der Waals surface area contributed by atoms with E-state index in [-0.39, 0.29) is 0 Å². The van der Waals surface area contributed by atoms with Gasteiger partial charge in [0.15, 0.2) is 5.13 Å². The highest BCUT2D eigenvalue weighted by molar-refractivity contribution is 7.17. The van der Waals surface area contributed by atoms with Gasteiger partial charge in [0.05, 0.1) is 6.20 Å². The minimum atomic E-state index is 0.512. The largest absolute Gasteiger partial charge is 0.445 e. The summed E-state index contributed by atoms with van der Waals surface area (Å²) in [5, 5.41) is 1.21. The molecule has 0 aliphatic rings. The molecule has 0 unspecified atom stereocenters. The fourth-order valence-electron chi connectivity index (χ4n) is 0.875. The summed E-state index contributed by atoms with van der Waals surface area (Å²) >= 11 is 1.32. The van der Waals surface area contributed by atoms with Crippen LogP contribution in [0.1, 0.15) is 0 Å². The van der Waals surface area contributed by atoms with E-state index in [0.717, 1.165) is 5.75 Å². The topological polar surface area (TPSA) is 48.1 Å². The van der Waals surface area contributed by atoms with Crippen LogP contribution >= 0.6 is 11.3 Å². The number of hydrogen-bond donors (Lipinski definition) is 1. The van der Waals surface area contributed by atoms with Crippen molar-refractivity contribution in [3.63, 3.8) is 0 Å². The van der Waals surface area contributed by atoms with Gasteiger partial charge in [-0.3, -0.25) is 0 Å². The second kappa shape index (κ2) is 3.45. The smallest absolute Gasteiger partial charge is 0.202 e. The van der Waals surface area contributed by atoms with Crippen LogP contribution in [0.4, 0.5) is 5.13 Å². The second-order valence-electron chi connectivity index (χ2n) is 2.36. The summed E-state index contributed by atoms with van der Waals surface area (Å²) in [6.45, 7) is 0. The molecule has 0 saturated heterocycles.